The molecule has 1 N–H and O–H groups in total. The van der Waals surface area contributed by atoms with Crippen LogP contribution in [0.2, 0.25) is 0 Å². The number of hydrogen-bond donors (Lipinski definition) is 1. The summed E-state index contributed by atoms with van der Waals surface area (Å²) in [5.74, 6) is 0. The van der Waals surface area contributed by atoms with Gasteiger partial charge in [-0.2, -0.15) is 0 Å². The van der Waals surface area contributed by atoms with E-state index in [1.54, 1.807) is 5.38 Å². The van der Waals surface area contributed by atoms with Crippen LogP contribution in [0.1, 0.15) is 5.69 Å². The molecule has 10 heavy (non-hydrogen) atoms. The molecule has 0 saturated heterocycles. The van der Waals surface area contributed by atoms with E-state index in [0.29, 0.717) is 5.69 Å². The highest BCUT2D eigenvalue weighted by atomic mass is 32.1. The fraction of sp³-hybridized carbons (Fsp3) is 0.333. The summed E-state index contributed by atoms with van der Waals surface area (Å²) >= 11 is 1.17. The lowest BCUT2D eigenvalue weighted by atomic mass is 10.6. The Labute approximate surface area is 61.8 Å². The van der Waals surface area contributed by atoms with Crippen LogP contribution in [0.4, 0.5) is 0 Å². The maximum atomic E-state index is 9.98. The van der Waals surface area contributed by atoms with Crippen LogP contribution in [0.5, 0.6) is 0 Å². The molecule has 54 valence electrons. The molecule has 0 amide bonds. The van der Waals surface area contributed by atoms with Gasteiger partial charge in [0.15, 0.2) is 6.61 Å². The van der Waals surface area contributed by atoms with Crippen LogP contribution in [0, 0.1) is 0 Å². The summed E-state index contributed by atoms with van der Waals surface area (Å²) in [6.45, 7) is 0.0439. The molecule has 0 saturated carbocycles. The third-order valence-electron chi connectivity index (χ3n) is 0.728. The van der Waals surface area contributed by atoms with Gasteiger partial charge in [-0.1, -0.05) is 4.49 Å². The van der Waals surface area contributed by atoms with Gasteiger partial charge < -0.3 is 0 Å². The molecule has 5 nitrogen and oxygen atoms in total. The lowest BCUT2D eigenvalue weighted by Gasteiger charge is -1.79. The van der Waals surface area contributed by atoms with Crippen LogP contribution < -0.4 is 0 Å². The first-order valence-electron chi connectivity index (χ1n) is 2.34. The molecule has 1 atom stereocenters. The second-order valence-electron chi connectivity index (χ2n) is 1.41. The summed E-state index contributed by atoms with van der Waals surface area (Å²) in [6.07, 6.45) is 0. The van der Waals surface area contributed by atoms with Crippen molar-refractivity contribution in [3.63, 3.8) is 0 Å². The highest BCUT2D eigenvalue weighted by Crippen LogP contribution is 2.16. The van der Waals surface area contributed by atoms with Crippen LogP contribution in [-0.4, -0.2) is 14.5 Å². The smallest absolute Gasteiger partial charge is 0.140 e. The van der Waals surface area contributed by atoms with Crippen molar-refractivity contribution in [1.29, 1.82) is 0 Å². The molecule has 0 radical (unpaired) electrons. The average Bonchev–Trinajstić information content (AvgIpc) is 2.34. The van der Waals surface area contributed by atoms with E-state index in [-0.39, 0.29) is 6.61 Å². The first-order chi connectivity index (χ1) is 4.79. The van der Waals surface area contributed by atoms with Crippen LogP contribution >= 0.6 is 19.8 Å². The van der Waals surface area contributed by atoms with Gasteiger partial charge in [-0.15, -0.1) is 14.5 Å². The van der Waals surface area contributed by atoms with Crippen molar-refractivity contribution in [2.45, 2.75) is 6.61 Å². The zero-order valence-corrected chi connectivity index (χ0v) is 6.51. The maximum Gasteiger partial charge on any atom is 0.695 e. The topological polar surface area (TPSA) is 72.3 Å². The fourth-order valence-electron chi connectivity index (χ4n) is 0.368. The van der Waals surface area contributed by atoms with Crippen molar-refractivity contribution >= 4 is 19.8 Å². The number of aromatic nitrogens is 2. The highest BCUT2D eigenvalue weighted by molar-refractivity contribution is 7.32. The normalized spacial score (nSPS) is 11.5. The zero-order chi connectivity index (χ0) is 7.40. The molecule has 1 aromatic rings. The number of nitrogens with zero attached hydrogens (tertiary/aromatic N) is 2. The molecule has 1 unspecified atom stereocenters. The monoisotopic (exact) mass is 179 g/mol. The van der Waals surface area contributed by atoms with Gasteiger partial charge in [-0.25, -0.2) is 0 Å². The summed E-state index contributed by atoms with van der Waals surface area (Å²) in [5, 5.41) is 5.24. The number of rotatable bonds is 3. The summed E-state index contributed by atoms with van der Waals surface area (Å²) < 4.78 is 17.9. The first kappa shape index (κ1) is 7.68. The average molecular weight is 179 g/mol. The molecule has 0 bridgehead atoms. The molecule has 0 aliphatic rings. The lowest BCUT2D eigenvalue weighted by Crippen LogP contribution is -1.84. The van der Waals surface area contributed by atoms with Gasteiger partial charge in [-0.05, 0) is 11.5 Å². The molecule has 0 aliphatic carbocycles. The van der Waals surface area contributed by atoms with Gasteiger partial charge in [0.1, 0.15) is 5.69 Å². The predicted molar refractivity (Wildman–Crippen MR) is 34.5 cm³/mol. The zero-order valence-electron chi connectivity index (χ0n) is 4.80. The van der Waals surface area contributed by atoms with Crippen molar-refractivity contribution in [3.05, 3.63) is 11.1 Å². The minimum atomic E-state index is -2.52. The molecule has 0 fully saturated rings. The Hall–Kier alpha value is -0.420. The molecule has 0 spiro atoms. The molecular weight excluding hydrogens is 175 g/mol. The van der Waals surface area contributed by atoms with Crippen LogP contribution in [0.15, 0.2) is 5.38 Å². The highest BCUT2D eigenvalue weighted by Gasteiger charge is 2.12. The van der Waals surface area contributed by atoms with Gasteiger partial charge in [0.25, 0.3) is 0 Å². The van der Waals surface area contributed by atoms with E-state index >= 15 is 0 Å². The quantitative estimate of drug-likeness (QED) is 0.691. The lowest BCUT2D eigenvalue weighted by molar-refractivity contribution is 0.269. The Bertz CT molecular complexity index is 214. The second-order valence-corrected chi connectivity index (χ2v) is 2.75. The van der Waals surface area contributed by atoms with Gasteiger partial charge in [-0.3, -0.25) is 0 Å². The van der Waals surface area contributed by atoms with Gasteiger partial charge in [0.2, 0.25) is 0 Å². The Balaban J connectivity index is 2.35. The van der Waals surface area contributed by atoms with Crippen molar-refractivity contribution in [2.75, 3.05) is 0 Å². The van der Waals surface area contributed by atoms with Crippen LogP contribution in [0.25, 0.3) is 0 Å². The maximum absolute atomic E-state index is 9.98. The Morgan fingerprint density at radius 3 is 3.20 bits per heavy atom. The van der Waals surface area contributed by atoms with Crippen LogP contribution in [0.3, 0.4) is 0 Å². The van der Waals surface area contributed by atoms with Gasteiger partial charge in [0.05, 0.1) is 0 Å². The van der Waals surface area contributed by atoms with E-state index in [1.807, 2.05) is 0 Å². The van der Waals surface area contributed by atoms with Crippen LogP contribution in [-0.2, 0) is 15.7 Å². The summed E-state index contributed by atoms with van der Waals surface area (Å²) in [5.41, 5.74) is 0.572. The second kappa shape index (κ2) is 3.68. The fourth-order valence-corrected chi connectivity index (χ4v) is 1.05. The van der Waals surface area contributed by atoms with Gasteiger partial charge >= 0.3 is 8.25 Å². The van der Waals surface area contributed by atoms with Crippen molar-refractivity contribution in [1.82, 2.24) is 9.59 Å². The van der Waals surface area contributed by atoms with Crippen molar-refractivity contribution in [3.8, 4) is 0 Å². The Morgan fingerprint density at radius 2 is 2.70 bits per heavy atom. The molecule has 1 heterocycles. The predicted octanol–water partition coefficient (Wildman–Crippen LogP) is 0.704. The van der Waals surface area contributed by atoms with Gasteiger partial charge in [0, 0.05) is 9.95 Å². The molecule has 0 aliphatic heterocycles. The van der Waals surface area contributed by atoms with E-state index in [9.17, 15) is 4.57 Å². The minimum Gasteiger partial charge on any atom is -0.140 e. The summed E-state index contributed by atoms with van der Waals surface area (Å²) in [7, 11) is -2.52. The minimum absolute atomic E-state index is 0.0439. The van der Waals surface area contributed by atoms with Crippen molar-refractivity contribution in [2.24, 2.45) is 0 Å². The summed E-state index contributed by atoms with van der Waals surface area (Å²) in [6, 6.07) is 0. The van der Waals surface area contributed by atoms with E-state index in [1.165, 1.54) is 11.5 Å². The van der Waals surface area contributed by atoms with E-state index in [4.69, 9.17) is 4.89 Å². The molecular formula is C3H4N2O3PS+. The molecule has 7 heteroatoms. The van der Waals surface area contributed by atoms with E-state index in [2.05, 4.69) is 14.1 Å². The molecule has 1 rings (SSSR count). The first-order valence-corrected chi connectivity index (χ1v) is 4.30. The van der Waals surface area contributed by atoms with E-state index < -0.39 is 8.25 Å². The third kappa shape index (κ3) is 2.45. The Kier molecular flexibility index (Phi) is 2.82. The Morgan fingerprint density at radius 1 is 1.90 bits per heavy atom. The standard InChI is InChI=1S/C3H3N2O3PS/c6-9(7)8-1-3-2-10-5-4-3/h2H,1H2/p+1. The molecule has 0 aromatic carbocycles. The van der Waals surface area contributed by atoms with Crippen molar-refractivity contribution < 1.29 is 14.0 Å². The number of hydrogen-bond acceptors (Lipinski definition) is 5. The molecule has 1 aromatic heterocycles. The summed E-state index contributed by atoms with van der Waals surface area (Å²) in [4.78, 5) is 8.19. The third-order valence-corrected chi connectivity index (χ3v) is 1.63. The SMILES string of the molecule is O=[P+](O)OCc1csnn1. The van der Waals surface area contributed by atoms with E-state index in [0.717, 1.165) is 0 Å². The largest absolute Gasteiger partial charge is 0.695 e.